The molecule has 132 valence electrons. The molecular weight excluding hydrogens is 308 g/mol. The molecule has 0 heterocycles. The number of hydrogen-bond acceptors (Lipinski definition) is 2. The van der Waals surface area contributed by atoms with Crippen molar-refractivity contribution in [3.8, 4) is 11.1 Å². The fourth-order valence-corrected chi connectivity index (χ4v) is 3.62. The van der Waals surface area contributed by atoms with Crippen molar-refractivity contribution in [3.63, 3.8) is 0 Å². The highest BCUT2D eigenvalue weighted by Gasteiger charge is 2.20. The van der Waals surface area contributed by atoms with Gasteiger partial charge in [0.2, 0.25) is 0 Å². The quantitative estimate of drug-likeness (QED) is 0.785. The van der Waals surface area contributed by atoms with Gasteiger partial charge in [-0.3, -0.25) is 4.79 Å². The van der Waals surface area contributed by atoms with Gasteiger partial charge in [0.1, 0.15) is 0 Å². The van der Waals surface area contributed by atoms with Crippen LogP contribution in [0.15, 0.2) is 54.6 Å². The van der Waals surface area contributed by atoms with Crippen LogP contribution >= 0.6 is 0 Å². The van der Waals surface area contributed by atoms with Crippen LogP contribution in [-0.2, 0) is 0 Å². The Bertz CT molecular complexity index is 692. The minimum absolute atomic E-state index is 0.0950. The lowest BCUT2D eigenvalue weighted by Gasteiger charge is -2.27. The zero-order valence-corrected chi connectivity index (χ0v) is 15.3. The summed E-state index contributed by atoms with van der Waals surface area (Å²) in [6.45, 7) is 1.70. The average molecular weight is 336 g/mol. The number of hydrogen-bond donors (Lipinski definition) is 0. The molecule has 0 spiro atoms. The third-order valence-corrected chi connectivity index (χ3v) is 5.30. The molecule has 2 aromatic carbocycles. The summed E-state index contributed by atoms with van der Waals surface area (Å²) in [5.74, 6) is 0.0950. The molecule has 1 saturated carbocycles. The SMILES string of the molecule is CN(CCN(C)C1CCCC1)C(=O)c1cccc(-c2ccccc2)c1. The number of nitrogens with zero attached hydrogens (tertiary/aromatic N) is 2. The highest BCUT2D eigenvalue weighted by molar-refractivity contribution is 5.95. The summed E-state index contributed by atoms with van der Waals surface area (Å²) in [6.07, 6.45) is 5.28. The van der Waals surface area contributed by atoms with Crippen molar-refractivity contribution in [3.05, 3.63) is 60.2 Å². The molecule has 25 heavy (non-hydrogen) atoms. The van der Waals surface area contributed by atoms with E-state index in [1.807, 2.05) is 48.3 Å². The summed E-state index contributed by atoms with van der Waals surface area (Å²) >= 11 is 0. The summed E-state index contributed by atoms with van der Waals surface area (Å²) < 4.78 is 0. The van der Waals surface area contributed by atoms with Gasteiger partial charge in [0.25, 0.3) is 5.91 Å². The fourth-order valence-electron chi connectivity index (χ4n) is 3.62. The standard InChI is InChI=1S/C22H28N2O/c1-23(21-13-6-7-14-21)15-16-24(2)22(25)20-12-8-11-19(17-20)18-9-4-3-5-10-18/h3-5,8-12,17,21H,6-7,13-16H2,1-2H3. The van der Waals surface area contributed by atoms with E-state index in [1.165, 1.54) is 25.7 Å². The van der Waals surface area contributed by atoms with E-state index >= 15 is 0 Å². The molecule has 1 amide bonds. The van der Waals surface area contributed by atoms with Gasteiger partial charge in [-0.25, -0.2) is 0 Å². The molecule has 0 atom stereocenters. The van der Waals surface area contributed by atoms with Gasteiger partial charge in [-0.15, -0.1) is 0 Å². The Morgan fingerprint density at radius 3 is 2.32 bits per heavy atom. The predicted molar refractivity (Wildman–Crippen MR) is 104 cm³/mol. The average Bonchev–Trinajstić information content (AvgIpc) is 3.21. The van der Waals surface area contributed by atoms with Gasteiger partial charge in [0.05, 0.1) is 0 Å². The Morgan fingerprint density at radius 2 is 1.60 bits per heavy atom. The number of likely N-dealkylation sites (N-methyl/N-ethyl adjacent to an activating group) is 2. The van der Waals surface area contributed by atoms with Crippen LogP contribution in [-0.4, -0.2) is 48.9 Å². The molecule has 1 fully saturated rings. The van der Waals surface area contributed by atoms with Crippen LogP contribution in [0.3, 0.4) is 0 Å². The van der Waals surface area contributed by atoms with Crippen molar-refractivity contribution in [2.45, 2.75) is 31.7 Å². The van der Waals surface area contributed by atoms with Crippen molar-refractivity contribution in [2.75, 3.05) is 27.2 Å². The Hall–Kier alpha value is -2.13. The third kappa shape index (κ3) is 4.49. The van der Waals surface area contributed by atoms with E-state index < -0.39 is 0 Å². The van der Waals surface area contributed by atoms with E-state index in [0.29, 0.717) is 6.04 Å². The maximum absolute atomic E-state index is 12.8. The van der Waals surface area contributed by atoms with E-state index in [2.05, 4.69) is 30.1 Å². The molecule has 0 radical (unpaired) electrons. The number of amides is 1. The summed E-state index contributed by atoms with van der Waals surface area (Å²) in [4.78, 5) is 17.0. The Kier molecular flexibility index (Phi) is 5.87. The lowest BCUT2D eigenvalue weighted by molar-refractivity contribution is 0.0774. The third-order valence-electron chi connectivity index (χ3n) is 5.30. The Labute approximate surface area is 151 Å². The molecule has 0 aromatic heterocycles. The maximum atomic E-state index is 12.8. The highest BCUT2D eigenvalue weighted by atomic mass is 16.2. The second kappa shape index (κ2) is 8.30. The molecule has 1 aliphatic rings. The van der Waals surface area contributed by atoms with Gasteiger partial charge in [-0.05, 0) is 43.1 Å². The van der Waals surface area contributed by atoms with Crippen molar-refractivity contribution in [2.24, 2.45) is 0 Å². The number of benzene rings is 2. The molecular formula is C22H28N2O. The summed E-state index contributed by atoms with van der Waals surface area (Å²) in [7, 11) is 4.09. The minimum Gasteiger partial charge on any atom is -0.340 e. The second-order valence-electron chi connectivity index (χ2n) is 7.09. The lowest BCUT2D eigenvalue weighted by Crippen LogP contribution is -2.38. The largest absolute Gasteiger partial charge is 0.340 e. The number of carbonyl (C=O) groups is 1. The fraction of sp³-hybridized carbons (Fsp3) is 0.409. The van der Waals surface area contributed by atoms with E-state index in [1.54, 1.807) is 0 Å². The molecule has 0 N–H and O–H groups in total. The first kappa shape index (κ1) is 17.7. The summed E-state index contributed by atoms with van der Waals surface area (Å²) in [6, 6.07) is 18.8. The molecule has 0 saturated heterocycles. The monoisotopic (exact) mass is 336 g/mol. The zero-order chi connectivity index (χ0) is 17.6. The molecule has 3 nitrogen and oxygen atoms in total. The Balaban J connectivity index is 1.62. The first-order valence-corrected chi connectivity index (χ1v) is 9.26. The molecule has 0 bridgehead atoms. The normalized spacial score (nSPS) is 14.8. The smallest absolute Gasteiger partial charge is 0.253 e. The van der Waals surface area contributed by atoms with Crippen molar-refractivity contribution < 1.29 is 4.79 Å². The summed E-state index contributed by atoms with van der Waals surface area (Å²) in [5, 5.41) is 0. The van der Waals surface area contributed by atoms with Gasteiger partial charge < -0.3 is 9.80 Å². The summed E-state index contributed by atoms with van der Waals surface area (Å²) in [5.41, 5.74) is 2.98. The van der Waals surface area contributed by atoms with Crippen LogP contribution in [0.25, 0.3) is 11.1 Å². The van der Waals surface area contributed by atoms with Crippen LogP contribution < -0.4 is 0 Å². The van der Waals surface area contributed by atoms with Gasteiger partial charge >= 0.3 is 0 Å². The van der Waals surface area contributed by atoms with Gasteiger partial charge in [0.15, 0.2) is 0 Å². The van der Waals surface area contributed by atoms with Crippen molar-refractivity contribution >= 4 is 5.91 Å². The number of carbonyl (C=O) groups excluding carboxylic acids is 1. The predicted octanol–water partition coefficient (Wildman–Crippen LogP) is 4.30. The van der Waals surface area contributed by atoms with E-state index in [9.17, 15) is 4.79 Å². The zero-order valence-electron chi connectivity index (χ0n) is 15.3. The van der Waals surface area contributed by atoms with Crippen LogP contribution in [0.2, 0.25) is 0 Å². The second-order valence-corrected chi connectivity index (χ2v) is 7.09. The highest BCUT2D eigenvalue weighted by Crippen LogP contribution is 2.22. The molecule has 2 aromatic rings. The lowest BCUT2D eigenvalue weighted by atomic mass is 10.0. The van der Waals surface area contributed by atoms with Crippen molar-refractivity contribution in [1.29, 1.82) is 0 Å². The maximum Gasteiger partial charge on any atom is 0.253 e. The topological polar surface area (TPSA) is 23.6 Å². The van der Waals surface area contributed by atoms with Crippen molar-refractivity contribution in [1.82, 2.24) is 9.80 Å². The van der Waals surface area contributed by atoms with Gasteiger partial charge in [0, 0.05) is 31.7 Å². The van der Waals surface area contributed by atoms with Crippen LogP contribution in [0.4, 0.5) is 0 Å². The van der Waals surface area contributed by atoms with E-state index in [-0.39, 0.29) is 5.91 Å². The molecule has 0 unspecified atom stereocenters. The van der Waals surface area contributed by atoms with Gasteiger partial charge in [-0.1, -0.05) is 55.3 Å². The van der Waals surface area contributed by atoms with E-state index in [4.69, 9.17) is 0 Å². The van der Waals surface area contributed by atoms with Crippen LogP contribution in [0.1, 0.15) is 36.0 Å². The first-order valence-electron chi connectivity index (χ1n) is 9.26. The van der Waals surface area contributed by atoms with Crippen LogP contribution in [0, 0.1) is 0 Å². The van der Waals surface area contributed by atoms with Gasteiger partial charge in [-0.2, -0.15) is 0 Å². The number of rotatable bonds is 6. The molecule has 1 aliphatic carbocycles. The van der Waals surface area contributed by atoms with Crippen LogP contribution in [0.5, 0.6) is 0 Å². The molecule has 0 aliphatic heterocycles. The minimum atomic E-state index is 0.0950. The molecule has 3 rings (SSSR count). The molecule has 3 heteroatoms. The van der Waals surface area contributed by atoms with E-state index in [0.717, 1.165) is 29.8 Å². The first-order chi connectivity index (χ1) is 12.1. The Morgan fingerprint density at radius 1 is 0.920 bits per heavy atom.